The van der Waals surface area contributed by atoms with Crippen molar-refractivity contribution in [1.29, 1.82) is 5.26 Å². The van der Waals surface area contributed by atoms with E-state index < -0.39 is 0 Å². The van der Waals surface area contributed by atoms with Crippen molar-refractivity contribution in [3.8, 4) is 45.7 Å². The van der Waals surface area contributed by atoms with Crippen LogP contribution in [0.1, 0.15) is 5.56 Å². The number of nitrogens with one attached hydrogen (secondary N) is 1. The van der Waals surface area contributed by atoms with Gasteiger partial charge < -0.3 is 14.9 Å². The number of hydrogen-bond acceptors (Lipinski definition) is 5. The lowest BCUT2D eigenvalue weighted by Gasteiger charge is -2.10. The second-order valence-electron chi connectivity index (χ2n) is 5.43. The lowest BCUT2D eigenvalue weighted by atomic mass is 9.98. The summed E-state index contributed by atoms with van der Waals surface area (Å²) >= 11 is 0. The summed E-state index contributed by atoms with van der Waals surface area (Å²) < 4.78 is 5.14. The standard InChI is InChI=1S/C19H15N3O3/c1-25-18-8-12(4-7-17(18)24)14-9-16(22-19(21)15(14)10-20)11-2-5-13(23)6-3-11/h2-9,23-24H,1H3,(H2,21,22)/p+1. The van der Waals surface area contributed by atoms with Crippen molar-refractivity contribution in [2.45, 2.75) is 0 Å². The third-order valence-electron chi connectivity index (χ3n) is 3.88. The maximum absolute atomic E-state index is 9.78. The maximum atomic E-state index is 9.78. The number of anilines is 1. The SMILES string of the molecule is COc1cc(-c2cc(-c3ccc(O)cc3)[nH+]c(N)c2C#N)ccc1O. The molecule has 0 radical (unpaired) electrons. The van der Waals surface area contributed by atoms with Crippen LogP contribution in [0.3, 0.4) is 0 Å². The van der Waals surface area contributed by atoms with Gasteiger partial charge >= 0.3 is 0 Å². The van der Waals surface area contributed by atoms with Gasteiger partial charge in [-0.3, -0.25) is 5.73 Å². The van der Waals surface area contributed by atoms with Crippen molar-refractivity contribution >= 4 is 5.82 Å². The molecule has 0 amide bonds. The normalized spacial score (nSPS) is 10.2. The van der Waals surface area contributed by atoms with E-state index in [0.717, 1.165) is 5.56 Å². The number of rotatable bonds is 3. The molecule has 0 spiro atoms. The Balaban J connectivity index is 2.21. The summed E-state index contributed by atoms with van der Waals surface area (Å²) in [6.45, 7) is 0. The number of hydrogen-bond donors (Lipinski definition) is 3. The molecule has 1 aromatic heterocycles. The number of pyridine rings is 1. The van der Waals surface area contributed by atoms with Crippen molar-refractivity contribution in [1.82, 2.24) is 0 Å². The number of phenols is 2. The minimum absolute atomic E-state index is 0.0129. The molecule has 0 bridgehead atoms. The second kappa shape index (κ2) is 6.42. The molecule has 124 valence electrons. The van der Waals surface area contributed by atoms with E-state index in [0.29, 0.717) is 28.1 Å². The van der Waals surface area contributed by atoms with Crippen LogP contribution < -0.4 is 15.5 Å². The average molecular weight is 334 g/mol. The number of ether oxygens (including phenoxy) is 1. The van der Waals surface area contributed by atoms with Crippen LogP contribution in [0.4, 0.5) is 5.82 Å². The summed E-state index contributed by atoms with van der Waals surface area (Å²) in [4.78, 5) is 3.01. The molecule has 2 aromatic carbocycles. The molecule has 0 aliphatic carbocycles. The summed E-state index contributed by atoms with van der Waals surface area (Å²) in [6, 6.07) is 15.4. The zero-order valence-corrected chi connectivity index (χ0v) is 13.4. The Labute approximate surface area is 144 Å². The Hall–Kier alpha value is -3.72. The number of nitriles is 1. The molecule has 6 nitrogen and oxygen atoms in total. The highest BCUT2D eigenvalue weighted by Crippen LogP contribution is 2.35. The topological polar surface area (TPSA) is 114 Å². The minimum atomic E-state index is 0.0129. The van der Waals surface area contributed by atoms with Crippen LogP contribution in [0.5, 0.6) is 17.2 Å². The van der Waals surface area contributed by atoms with E-state index in [2.05, 4.69) is 11.1 Å². The number of nitrogens with two attached hydrogens (primary N) is 1. The number of H-pyrrole nitrogens is 1. The van der Waals surface area contributed by atoms with Crippen molar-refractivity contribution in [2.75, 3.05) is 12.8 Å². The van der Waals surface area contributed by atoms with E-state index in [4.69, 9.17) is 10.5 Å². The third kappa shape index (κ3) is 3.03. The maximum Gasteiger partial charge on any atom is 0.289 e. The van der Waals surface area contributed by atoms with Crippen LogP contribution in [0.15, 0.2) is 48.5 Å². The molecule has 0 unspecified atom stereocenters. The summed E-state index contributed by atoms with van der Waals surface area (Å²) in [5.41, 5.74) is 9.13. The third-order valence-corrected chi connectivity index (χ3v) is 3.88. The zero-order valence-electron chi connectivity index (χ0n) is 13.4. The first-order valence-electron chi connectivity index (χ1n) is 7.46. The van der Waals surface area contributed by atoms with Gasteiger partial charge in [0.1, 0.15) is 23.1 Å². The van der Waals surface area contributed by atoms with Crippen LogP contribution in [-0.2, 0) is 0 Å². The number of aromatic nitrogens is 1. The molecule has 0 aliphatic rings. The van der Waals surface area contributed by atoms with E-state index in [-0.39, 0.29) is 17.3 Å². The Kier molecular flexibility index (Phi) is 4.14. The van der Waals surface area contributed by atoms with E-state index in [1.165, 1.54) is 13.2 Å². The Morgan fingerprint density at radius 3 is 2.36 bits per heavy atom. The van der Waals surface area contributed by atoms with E-state index in [1.807, 2.05) is 0 Å². The van der Waals surface area contributed by atoms with Crippen LogP contribution in [0.2, 0.25) is 0 Å². The van der Waals surface area contributed by atoms with Gasteiger partial charge in [0, 0.05) is 11.1 Å². The second-order valence-corrected chi connectivity index (χ2v) is 5.43. The number of aromatic amines is 1. The molecular formula is C19H16N3O3+. The number of phenolic OH excluding ortho intramolecular Hbond substituents is 2. The predicted octanol–water partition coefficient (Wildman–Crippen LogP) is 2.71. The van der Waals surface area contributed by atoms with Gasteiger partial charge in [-0.1, -0.05) is 6.07 Å². The molecule has 1 heterocycles. The summed E-state index contributed by atoms with van der Waals surface area (Å²) in [6.07, 6.45) is 0. The smallest absolute Gasteiger partial charge is 0.289 e. The number of aromatic hydroxyl groups is 2. The Morgan fingerprint density at radius 1 is 1.04 bits per heavy atom. The van der Waals surface area contributed by atoms with Crippen LogP contribution in [0.25, 0.3) is 22.4 Å². The van der Waals surface area contributed by atoms with Gasteiger partial charge in [-0.2, -0.15) is 5.26 Å². The van der Waals surface area contributed by atoms with Crippen molar-refractivity contribution in [3.05, 3.63) is 54.1 Å². The summed E-state index contributed by atoms with van der Waals surface area (Å²) in [7, 11) is 1.46. The minimum Gasteiger partial charge on any atom is -0.508 e. The van der Waals surface area contributed by atoms with Crippen molar-refractivity contribution in [3.63, 3.8) is 0 Å². The molecule has 0 aliphatic heterocycles. The fourth-order valence-electron chi connectivity index (χ4n) is 2.60. The first kappa shape index (κ1) is 16.1. The van der Waals surface area contributed by atoms with E-state index in [9.17, 15) is 15.5 Å². The summed E-state index contributed by atoms with van der Waals surface area (Å²) in [5.74, 6) is 0.710. The molecule has 0 atom stereocenters. The van der Waals surface area contributed by atoms with Crippen LogP contribution in [-0.4, -0.2) is 17.3 Å². The molecule has 0 fully saturated rings. The van der Waals surface area contributed by atoms with E-state index in [1.54, 1.807) is 42.5 Å². The van der Waals surface area contributed by atoms with Gasteiger partial charge in [-0.15, -0.1) is 0 Å². The van der Waals surface area contributed by atoms with Gasteiger partial charge in [-0.05, 0) is 48.0 Å². The average Bonchev–Trinajstić information content (AvgIpc) is 2.62. The fourth-order valence-corrected chi connectivity index (χ4v) is 2.60. The Bertz CT molecular complexity index is 976. The van der Waals surface area contributed by atoms with Crippen molar-refractivity contribution in [2.24, 2.45) is 0 Å². The van der Waals surface area contributed by atoms with Crippen LogP contribution in [0, 0.1) is 11.3 Å². The molecule has 5 N–H and O–H groups in total. The van der Waals surface area contributed by atoms with Crippen LogP contribution >= 0.6 is 0 Å². The molecule has 0 saturated heterocycles. The van der Waals surface area contributed by atoms with Gasteiger partial charge in [0.25, 0.3) is 5.82 Å². The quantitative estimate of drug-likeness (QED) is 0.681. The first-order valence-corrected chi connectivity index (χ1v) is 7.46. The highest BCUT2D eigenvalue weighted by atomic mass is 16.5. The van der Waals surface area contributed by atoms with Crippen molar-refractivity contribution < 1.29 is 19.9 Å². The number of nitrogens with zero attached hydrogens (tertiary/aromatic N) is 1. The summed E-state index contributed by atoms with van der Waals surface area (Å²) in [5, 5.41) is 28.7. The molecule has 6 heteroatoms. The number of nitrogen functional groups attached to an aromatic ring is 1. The fraction of sp³-hybridized carbons (Fsp3) is 0.0526. The van der Waals surface area contributed by atoms with Gasteiger partial charge in [0.2, 0.25) is 0 Å². The lowest BCUT2D eigenvalue weighted by Crippen LogP contribution is -2.16. The van der Waals surface area contributed by atoms with E-state index >= 15 is 0 Å². The zero-order chi connectivity index (χ0) is 18.0. The molecule has 3 aromatic rings. The highest BCUT2D eigenvalue weighted by molar-refractivity contribution is 5.79. The molecule has 3 rings (SSSR count). The van der Waals surface area contributed by atoms with Gasteiger partial charge in [0.15, 0.2) is 11.5 Å². The Morgan fingerprint density at radius 2 is 1.72 bits per heavy atom. The molecular weight excluding hydrogens is 318 g/mol. The number of benzene rings is 2. The van der Waals surface area contributed by atoms with Gasteiger partial charge in [0.05, 0.1) is 7.11 Å². The van der Waals surface area contributed by atoms with Gasteiger partial charge in [-0.25, -0.2) is 4.98 Å². The first-order chi connectivity index (χ1) is 12.0. The predicted molar refractivity (Wildman–Crippen MR) is 92.9 cm³/mol. The number of methoxy groups -OCH3 is 1. The molecule has 25 heavy (non-hydrogen) atoms. The highest BCUT2D eigenvalue weighted by Gasteiger charge is 2.18. The largest absolute Gasteiger partial charge is 0.508 e. The lowest BCUT2D eigenvalue weighted by molar-refractivity contribution is -0.346. The monoisotopic (exact) mass is 334 g/mol. The molecule has 0 saturated carbocycles.